The Hall–Kier alpha value is -2.02. The van der Waals surface area contributed by atoms with Gasteiger partial charge in [0.05, 0.1) is 19.8 Å². The highest BCUT2D eigenvalue weighted by molar-refractivity contribution is 7.19. The van der Waals surface area contributed by atoms with Gasteiger partial charge >= 0.3 is 0 Å². The number of anilines is 1. The lowest BCUT2D eigenvalue weighted by molar-refractivity contribution is 0.101. The number of hydrogen-bond donors (Lipinski definition) is 1. The number of hydrogen-bond acceptors (Lipinski definition) is 5. The molecular weight excluding hydrogens is 352 g/mol. The van der Waals surface area contributed by atoms with Crippen LogP contribution in [0.15, 0.2) is 42.5 Å². The number of ketones is 1. The van der Waals surface area contributed by atoms with E-state index in [4.69, 9.17) is 11.6 Å². The van der Waals surface area contributed by atoms with E-state index in [0.717, 1.165) is 5.56 Å². The van der Waals surface area contributed by atoms with Gasteiger partial charge in [0.15, 0.2) is 10.9 Å². The van der Waals surface area contributed by atoms with Crippen LogP contribution in [0.1, 0.15) is 26.3 Å². The predicted octanol–water partition coefficient (Wildman–Crippen LogP) is 4.98. The molecule has 0 aliphatic carbocycles. The molecule has 1 N–H and O–H groups in total. The van der Waals surface area contributed by atoms with Gasteiger partial charge in [-0.05, 0) is 12.1 Å². The van der Waals surface area contributed by atoms with Gasteiger partial charge < -0.3 is 0 Å². The van der Waals surface area contributed by atoms with Gasteiger partial charge in [-0.15, -0.1) is 11.3 Å². The fourth-order valence-electron chi connectivity index (χ4n) is 2.00. The summed E-state index contributed by atoms with van der Waals surface area (Å²) in [6.45, 7) is 1.49. The number of amides is 1. The van der Waals surface area contributed by atoms with E-state index < -0.39 is 0 Å². The van der Waals surface area contributed by atoms with Crippen LogP contribution in [0.5, 0.6) is 0 Å². The van der Waals surface area contributed by atoms with Crippen molar-refractivity contribution in [1.82, 2.24) is 4.98 Å². The van der Waals surface area contributed by atoms with Crippen molar-refractivity contribution in [3.05, 3.63) is 56.6 Å². The Balaban J connectivity index is 1.92. The number of Topliss-reactive ketones (excluding diaryl/α,β-unsaturated/α-hetero) is 1. The Morgan fingerprint density at radius 3 is 2.43 bits per heavy atom. The van der Waals surface area contributed by atoms with Crippen LogP contribution in [-0.4, -0.2) is 16.7 Å². The highest BCUT2D eigenvalue weighted by Crippen LogP contribution is 2.32. The standard InChI is InChI=1S/C16H11ClN2O2S2/c1-9(20)14-13(10-5-3-2-4-6-10)18-16(23-14)19-15(21)11-7-8-12(17)22-11/h2-8H,1H3,(H,18,19,21). The number of rotatable bonds is 4. The molecule has 2 aromatic heterocycles. The number of thiazole rings is 1. The summed E-state index contributed by atoms with van der Waals surface area (Å²) in [5, 5.41) is 3.12. The molecule has 0 aliphatic rings. The van der Waals surface area contributed by atoms with Crippen LogP contribution in [0.3, 0.4) is 0 Å². The van der Waals surface area contributed by atoms with Gasteiger partial charge in [0.25, 0.3) is 5.91 Å². The molecule has 3 rings (SSSR count). The Morgan fingerprint density at radius 1 is 1.09 bits per heavy atom. The van der Waals surface area contributed by atoms with Crippen LogP contribution in [0.4, 0.5) is 5.13 Å². The summed E-state index contributed by atoms with van der Waals surface area (Å²) in [6, 6.07) is 12.7. The zero-order valence-electron chi connectivity index (χ0n) is 12.0. The third-order valence-corrected chi connectivity index (χ3v) is 5.31. The molecule has 0 saturated carbocycles. The van der Waals surface area contributed by atoms with Gasteiger partial charge in [-0.2, -0.15) is 0 Å². The Kier molecular flexibility index (Phi) is 4.56. The van der Waals surface area contributed by atoms with Crippen LogP contribution >= 0.6 is 34.3 Å². The third kappa shape index (κ3) is 3.50. The lowest BCUT2D eigenvalue weighted by atomic mass is 10.1. The van der Waals surface area contributed by atoms with E-state index in [0.29, 0.717) is 24.9 Å². The first kappa shape index (κ1) is 15.9. The van der Waals surface area contributed by atoms with Crippen molar-refractivity contribution in [3.63, 3.8) is 0 Å². The van der Waals surface area contributed by atoms with Gasteiger partial charge in [-0.1, -0.05) is 53.3 Å². The van der Waals surface area contributed by atoms with Crippen molar-refractivity contribution < 1.29 is 9.59 Å². The second-order valence-electron chi connectivity index (χ2n) is 4.68. The minimum Gasteiger partial charge on any atom is -0.297 e. The number of carbonyl (C=O) groups is 2. The minimum absolute atomic E-state index is 0.0824. The average Bonchev–Trinajstić information content (AvgIpc) is 3.15. The highest BCUT2D eigenvalue weighted by atomic mass is 35.5. The van der Waals surface area contributed by atoms with E-state index in [1.165, 1.54) is 29.6 Å². The first-order valence-corrected chi connectivity index (χ1v) is 8.69. The summed E-state index contributed by atoms with van der Waals surface area (Å²) in [6.07, 6.45) is 0. The molecule has 0 spiro atoms. The Labute approximate surface area is 145 Å². The maximum atomic E-state index is 12.2. The summed E-state index contributed by atoms with van der Waals surface area (Å²) in [4.78, 5) is 29.5. The van der Waals surface area contributed by atoms with E-state index in [1.54, 1.807) is 12.1 Å². The summed E-state index contributed by atoms with van der Waals surface area (Å²) in [5.41, 5.74) is 1.43. The van der Waals surface area contributed by atoms with Gasteiger partial charge in [0.2, 0.25) is 0 Å². The van der Waals surface area contributed by atoms with Gasteiger partial charge in [0.1, 0.15) is 0 Å². The number of halogens is 1. The predicted molar refractivity (Wildman–Crippen MR) is 94.8 cm³/mol. The first-order valence-electron chi connectivity index (χ1n) is 6.68. The lowest BCUT2D eigenvalue weighted by Crippen LogP contribution is -2.09. The SMILES string of the molecule is CC(=O)c1sc(NC(=O)c2ccc(Cl)s2)nc1-c1ccccc1. The Morgan fingerprint density at radius 2 is 1.83 bits per heavy atom. The largest absolute Gasteiger partial charge is 0.297 e. The quantitative estimate of drug-likeness (QED) is 0.666. The smallest absolute Gasteiger partial charge is 0.267 e. The molecule has 0 aliphatic heterocycles. The summed E-state index contributed by atoms with van der Waals surface area (Å²) in [7, 11) is 0. The number of aromatic nitrogens is 1. The van der Waals surface area contributed by atoms with Gasteiger partial charge in [-0.3, -0.25) is 14.9 Å². The Bertz CT molecular complexity index is 871. The van der Waals surface area contributed by atoms with Crippen LogP contribution in [0, 0.1) is 0 Å². The van der Waals surface area contributed by atoms with Crippen molar-refractivity contribution in [3.8, 4) is 11.3 Å². The lowest BCUT2D eigenvalue weighted by Gasteiger charge is -1.98. The summed E-state index contributed by atoms with van der Waals surface area (Å²) < 4.78 is 0.545. The molecule has 4 nitrogen and oxygen atoms in total. The maximum absolute atomic E-state index is 12.2. The molecule has 0 atom stereocenters. The monoisotopic (exact) mass is 362 g/mol. The molecule has 0 unspecified atom stereocenters. The molecule has 1 amide bonds. The zero-order chi connectivity index (χ0) is 16.4. The molecule has 0 fully saturated rings. The fraction of sp³-hybridized carbons (Fsp3) is 0.0625. The molecule has 0 radical (unpaired) electrons. The van der Waals surface area contributed by atoms with E-state index in [9.17, 15) is 9.59 Å². The third-order valence-electron chi connectivity index (χ3n) is 3.01. The minimum atomic E-state index is -0.287. The van der Waals surface area contributed by atoms with Crippen molar-refractivity contribution in [1.29, 1.82) is 0 Å². The fourth-order valence-corrected chi connectivity index (χ4v) is 3.82. The van der Waals surface area contributed by atoms with E-state index >= 15 is 0 Å². The summed E-state index contributed by atoms with van der Waals surface area (Å²) in [5.74, 6) is -0.369. The second kappa shape index (κ2) is 6.62. The van der Waals surface area contributed by atoms with E-state index in [-0.39, 0.29) is 11.7 Å². The molecule has 0 saturated heterocycles. The van der Waals surface area contributed by atoms with Gasteiger partial charge in [-0.25, -0.2) is 4.98 Å². The molecule has 1 aromatic carbocycles. The maximum Gasteiger partial charge on any atom is 0.267 e. The highest BCUT2D eigenvalue weighted by Gasteiger charge is 2.18. The van der Waals surface area contributed by atoms with Crippen LogP contribution in [0.2, 0.25) is 4.34 Å². The van der Waals surface area contributed by atoms with Crippen molar-refractivity contribution in [2.75, 3.05) is 5.32 Å². The van der Waals surface area contributed by atoms with Crippen LogP contribution in [0.25, 0.3) is 11.3 Å². The second-order valence-corrected chi connectivity index (χ2v) is 7.39. The first-order chi connectivity index (χ1) is 11.0. The molecule has 23 heavy (non-hydrogen) atoms. The molecule has 3 aromatic rings. The van der Waals surface area contributed by atoms with E-state index in [2.05, 4.69) is 10.3 Å². The number of benzene rings is 1. The van der Waals surface area contributed by atoms with Crippen molar-refractivity contribution in [2.45, 2.75) is 6.92 Å². The van der Waals surface area contributed by atoms with Crippen molar-refractivity contribution >= 4 is 51.1 Å². The molecular formula is C16H11ClN2O2S2. The van der Waals surface area contributed by atoms with Crippen molar-refractivity contribution in [2.24, 2.45) is 0 Å². The van der Waals surface area contributed by atoms with E-state index in [1.807, 2.05) is 30.3 Å². The molecule has 7 heteroatoms. The summed E-state index contributed by atoms with van der Waals surface area (Å²) >= 11 is 8.20. The number of nitrogens with one attached hydrogen (secondary N) is 1. The molecule has 116 valence electrons. The number of carbonyl (C=O) groups excluding carboxylic acids is 2. The number of thiophene rings is 1. The number of nitrogens with zero attached hydrogens (tertiary/aromatic N) is 1. The molecule has 0 bridgehead atoms. The van der Waals surface area contributed by atoms with Crippen LogP contribution in [-0.2, 0) is 0 Å². The molecule has 2 heterocycles. The van der Waals surface area contributed by atoms with Crippen LogP contribution < -0.4 is 5.32 Å². The topological polar surface area (TPSA) is 59.1 Å². The normalized spacial score (nSPS) is 10.5. The zero-order valence-corrected chi connectivity index (χ0v) is 14.4. The average molecular weight is 363 g/mol. The van der Waals surface area contributed by atoms with Gasteiger partial charge in [0, 0.05) is 12.5 Å².